The summed E-state index contributed by atoms with van der Waals surface area (Å²) in [6.07, 6.45) is 11.5. The van der Waals surface area contributed by atoms with E-state index in [1.54, 1.807) is 24.7 Å². The lowest BCUT2D eigenvalue weighted by molar-refractivity contribution is -0.132. The number of carbonyl (C=O) groups is 2. The molecule has 7 heterocycles. The molecule has 8 rings (SSSR count). The predicted molar refractivity (Wildman–Crippen MR) is 190 cm³/mol. The molecule has 0 saturated carbocycles. The third-order valence-corrected chi connectivity index (χ3v) is 10.2. The summed E-state index contributed by atoms with van der Waals surface area (Å²) in [5.41, 5.74) is 13.1. The zero-order valence-electron chi connectivity index (χ0n) is 28.4. The summed E-state index contributed by atoms with van der Waals surface area (Å²) in [6, 6.07) is 15.7. The van der Waals surface area contributed by atoms with E-state index in [1.807, 2.05) is 66.2 Å². The largest absolute Gasteiger partial charge is 0.475 e. The smallest absolute Gasteiger partial charge is 0.237 e. The number of fused-ring (bicyclic) bond motifs is 1. The number of pyridine rings is 2. The average molecular weight is 672 g/mol. The Balaban J connectivity index is 0.874. The molecule has 2 amide bonds. The fraction of sp³-hybridized carbons (Fsp3) is 0.368. The van der Waals surface area contributed by atoms with Gasteiger partial charge in [-0.2, -0.15) is 0 Å². The van der Waals surface area contributed by atoms with Gasteiger partial charge in [-0.3, -0.25) is 19.5 Å². The molecule has 0 aliphatic carbocycles. The maximum Gasteiger partial charge on any atom is 0.237 e. The van der Waals surface area contributed by atoms with Gasteiger partial charge < -0.3 is 20.0 Å². The van der Waals surface area contributed by atoms with Crippen molar-refractivity contribution in [3.63, 3.8) is 0 Å². The van der Waals surface area contributed by atoms with Gasteiger partial charge in [-0.15, -0.1) is 0 Å². The van der Waals surface area contributed by atoms with Crippen LogP contribution >= 0.6 is 0 Å². The van der Waals surface area contributed by atoms with E-state index in [4.69, 9.17) is 4.74 Å². The molecule has 0 bridgehead atoms. The van der Waals surface area contributed by atoms with Crippen LogP contribution in [0.5, 0.6) is 5.88 Å². The fourth-order valence-corrected chi connectivity index (χ4v) is 7.56. The molecule has 1 aromatic carbocycles. The Kier molecular flexibility index (Phi) is 8.49. The van der Waals surface area contributed by atoms with Crippen LogP contribution in [0.4, 0.5) is 11.4 Å². The number of likely N-dealkylation sites (tertiary alicyclic amines) is 1. The molecule has 2 atom stereocenters. The number of aromatic nitrogens is 4. The first-order valence-electron chi connectivity index (χ1n) is 17.4. The van der Waals surface area contributed by atoms with E-state index < -0.39 is 5.41 Å². The van der Waals surface area contributed by atoms with Gasteiger partial charge in [-0.05, 0) is 87.2 Å². The van der Waals surface area contributed by atoms with E-state index in [-0.39, 0.29) is 24.0 Å². The molecule has 50 heavy (non-hydrogen) atoms. The van der Waals surface area contributed by atoms with Gasteiger partial charge in [0.25, 0.3) is 0 Å². The first-order valence-corrected chi connectivity index (χ1v) is 17.4. The summed E-state index contributed by atoms with van der Waals surface area (Å²) in [4.78, 5) is 51.2. The van der Waals surface area contributed by atoms with Crippen LogP contribution < -0.4 is 20.5 Å². The Bertz CT molecular complexity index is 1920. The number of hydrogen-bond donors (Lipinski definition) is 2. The second-order valence-corrected chi connectivity index (χ2v) is 13.8. The third kappa shape index (κ3) is 6.20. The molecular formula is C38H41N9O3. The number of benzene rings is 1. The highest BCUT2D eigenvalue weighted by Gasteiger charge is 2.51. The van der Waals surface area contributed by atoms with Crippen molar-refractivity contribution in [1.29, 1.82) is 0 Å². The number of nitrogens with zero attached hydrogens (tertiary/aromatic N) is 7. The number of rotatable bonds is 8. The molecule has 0 radical (unpaired) electrons. The summed E-state index contributed by atoms with van der Waals surface area (Å²) in [6.45, 7) is 7.51. The number of nitrogens with one attached hydrogen (secondary N) is 2. The van der Waals surface area contributed by atoms with Crippen LogP contribution in [-0.4, -0.2) is 86.9 Å². The van der Waals surface area contributed by atoms with E-state index in [1.165, 1.54) is 0 Å². The van der Waals surface area contributed by atoms with Gasteiger partial charge in [0, 0.05) is 73.8 Å². The van der Waals surface area contributed by atoms with E-state index in [2.05, 4.69) is 47.8 Å². The third-order valence-electron chi connectivity index (χ3n) is 10.2. The van der Waals surface area contributed by atoms with Crippen LogP contribution in [0, 0.1) is 5.41 Å². The molecule has 2 N–H and O–H groups in total. The maximum atomic E-state index is 14.0. The van der Waals surface area contributed by atoms with Crippen LogP contribution in [0.1, 0.15) is 56.0 Å². The van der Waals surface area contributed by atoms with Crippen LogP contribution in [0.3, 0.4) is 0 Å². The summed E-state index contributed by atoms with van der Waals surface area (Å²) in [7, 11) is 0. The van der Waals surface area contributed by atoms with Crippen LogP contribution in [-0.2, 0) is 9.59 Å². The number of hydrogen-bond acceptors (Lipinski definition) is 10. The highest BCUT2D eigenvalue weighted by molar-refractivity contribution is 6.00. The van der Waals surface area contributed by atoms with E-state index in [0.29, 0.717) is 44.4 Å². The Labute approximate surface area is 291 Å². The highest BCUT2D eigenvalue weighted by atomic mass is 16.5. The number of hydrazine groups is 1. The van der Waals surface area contributed by atoms with Crippen molar-refractivity contribution in [2.45, 2.75) is 45.3 Å². The van der Waals surface area contributed by atoms with Crippen molar-refractivity contribution >= 4 is 28.8 Å². The van der Waals surface area contributed by atoms with E-state index in [0.717, 1.165) is 65.1 Å². The first kappa shape index (κ1) is 32.0. The number of ether oxygens (including phenoxy) is 1. The normalized spacial score (nSPS) is 21.9. The van der Waals surface area contributed by atoms with Crippen molar-refractivity contribution < 1.29 is 14.3 Å². The Morgan fingerprint density at radius 3 is 2.60 bits per heavy atom. The summed E-state index contributed by atoms with van der Waals surface area (Å²) in [5, 5.41) is 0. The topological polar surface area (TPSA) is 129 Å². The van der Waals surface area contributed by atoms with Crippen molar-refractivity contribution in [2.24, 2.45) is 5.41 Å². The number of anilines is 2. The molecule has 12 nitrogen and oxygen atoms in total. The summed E-state index contributed by atoms with van der Waals surface area (Å²) in [5.74, 6) is 1.51. The van der Waals surface area contributed by atoms with Gasteiger partial charge in [0.1, 0.15) is 0 Å². The SMILES string of the molecule is CC(C)Oc1ccc(C2NNc3ccc(N4CC[C@]5(CCN(CC(=O)N6CC=C(c7ccc(-c8ncccn8)cn7)CC6)C5)C4=O)cc32)cn1. The Hall–Kier alpha value is -5.20. The van der Waals surface area contributed by atoms with Gasteiger partial charge >= 0.3 is 0 Å². The number of amides is 2. The van der Waals surface area contributed by atoms with Crippen molar-refractivity contribution in [2.75, 3.05) is 49.6 Å². The molecule has 2 saturated heterocycles. The van der Waals surface area contributed by atoms with Gasteiger partial charge in [-0.25, -0.2) is 20.4 Å². The lowest BCUT2D eigenvalue weighted by Gasteiger charge is -2.29. The van der Waals surface area contributed by atoms with Crippen LogP contribution in [0.15, 0.2) is 79.4 Å². The zero-order chi connectivity index (χ0) is 34.2. The fourth-order valence-electron chi connectivity index (χ4n) is 7.56. The minimum atomic E-state index is -0.455. The Morgan fingerprint density at radius 1 is 1.00 bits per heavy atom. The standard InChI is InChI=1S/C38H41N9O3/c1-25(2)50-33-9-5-27(21-42-33)35-30-20-29(6-8-32(30)43-44-35)47-19-13-38(37(47)49)12-18-45(24-38)23-34(48)46-16-10-26(11-17-46)31-7-4-28(22-41-31)36-39-14-3-15-40-36/h3-10,14-15,20-22,25,35,43-44H,11-13,16-19,23-24H2,1-2H3/t35?,38-/m0/s1. The molecule has 4 aliphatic rings. The minimum absolute atomic E-state index is 0.0581. The van der Waals surface area contributed by atoms with Gasteiger partial charge in [-0.1, -0.05) is 12.1 Å². The first-order chi connectivity index (χ1) is 24.3. The van der Waals surface area contributed by atoms with Crippen molar-refractivity contribution in [1.82, 2.24) is 35.2 Å². The summed E-state index contributed by atoms with van der Waals surface area (Å²) < 4.78 is 5.72. The van der Waals surface area contributed by atoms with Gasteiger partial charge in [0.05, 0.1) is 35.5 Å². The zero-order valence-corrected chi connectivity index (χ0v) is 28.4. The average Bonchev–Trinajstić information content (AvgIpc) is 3.85. The second-order valence-electron chi connectivity index (χ2n) is 13.8. The summed E-state index contributed by atoms with van der Waals surface area (Å²) >= 11 is 0. The number of carbonyl (C=O) groups excluding carboxylic acids is 2. The lowest BCUT2D eigenvalue weighted by Crippen LogP contribution is -2.43. The molecule has 1 unspecified atom stereocenters. The van der Waals surface area contributed by atoms with Crippen LogP contribution in [0.25, 0.3) is 17.0 Å². The molecule has 12 heteroatoms. The molecule has 3 aromatic heterocycles. The predicted octanol–water partition coefficient (Wildman–Crippen LogP) is 4.49. The molecule has 256 valence electrons. The van der Waals surface area contributed by atoms with Crippen molar-refractivity contribution in [3.05, 3.63) is 96.2 Å². The second kappa shape index (κ2) is 13.3. The molecule has 4 aromatic rings. The van der Waals surface area contributed by atoms with Gasteiger partial charge in [0.2, 0.25) is 17.7 Å². The van der Waals surface area contributed by atoms with E-state index in [9.17, 15) is 9.59 Å². The maximum absolute atomic E-state index is 14.0. The van der Waals surface area contributed by atoms with E-state index >= 15 is 0 Å². The van der Waals surface area contributed by atoms with Gasteiger partial charge in [0.15, 0.2) is 5.82 Å². The Morgan fingerprint density at radius 2 is 1.86 bits per heavy atom. The molecular weight excluding hydrogens is 630 g/mol. The highest BCUT2D eigenvalue weighted by Crippen LogP contribution is 2.44. The molecule has 4 aliphatic heterocycles. The van der Waals surface area contributed by atoms with Crippen molar-refractivity contribution in [3.8, 4) is 17.3 Å². The monoisotopic (exact) mass is 671 g/mol. The molecule has 1 spiro atoms. The van der Waals surface area contributed by atoms with Crippen LogP contribution in [0.2, 0.25) is 0 Å². The molecule has 2 fully saturated rings. The quantitative estimate of drug-likeness (QED) is 0.277. The minimum Gasteiger partial charge on any atom is -0.475 e. The lowest BCUT2D eigenvalue weighted by atomic mass is 9.85.